The van der Waals surface area contributed by atoms with E-state index in [4.69, 9.17) is 4.74 Å². The van der Waals surface area contributed by atoms with Crippen LogP contribution in [0.25, 0.3) is 0 Å². The number of hydrogen-bond acceptors (Lipinski definition) is 3. The number of aliphatic imine (C=N–C) groups is 1. The molecule has 136 valence electrons. The van der Waals surface area contributed by atoms with Gasteiger partial charge in [0.2, 0.25) is 0 Å². The number of nitrogens with zero attached hydrogens (tertiary/aromatic N) is 1. The molecular formula is C18H38N4O. The molecule has 0 bridgehead atoms. The highest BCUT2D eigenvalue weighted by molar-refractivity contribution is 5.79. The molecule has 0 spiro atoms. The topological polar surface area (TPSA) is 57.7 Å². The predicted octanol–water partition coefficient (Wildman–Crippen LogP) is 2.53. The largest absolute Gasteiger partial charge is 0.382 e. The molecule has 0 unspecified atom stereocenters. The lowest BCUT2D eigenvalue weighted by atomic mass is 9.83. The number of ether oxygens (including phenoxy) is 1. The van der Waals surface area contributed by atoms with Crippen LogP contribution < -0.4 is 16.0 Å². The van der Waals surface area contributed by atoms with Crippen molar-refractivity contribution in [3.05, 3.63) is 0 Å². The third kappa shape index (κ3) is 8.56. The van der Waals surface area contributed by atoms with Crippen molar-refractivity contribution in [2.24, 2.45) is 10.4 Å². The molecule has 0 aromatic carbocycles. The van der Waals surface area contributed by atoms with Crippen LogP contribution in [0.5, 0.6) is 0 Å². The summed E-state index contributed by atoms with van der Waals surface area (Å²) in [5.74, 6) is 0.906. The molecule has 5 heteroatoms. The average Bonchev–Trinajstić information content (AvgIpc) is 2.95. The summed E-state index contributed by atoms with van der Waals surface area (Å²) in [5, 5.41) is 10.4. The Morgan fingerprint density at radius 2 is 1.83 bits per heavy atom. The van der Waals surface area contributed by atoms with E-state index in [-0.39, 0.29) is 5.54 Å². The lowest BCUT2D eigenvalue weighted by molar-refractivity contribution is 0.105. The SMILES string of the molecule is CCOCCC1(CNC(=NC)NCCNC(C)(C)C)CCCC1. The van der Waals surface area contributed by atoms with Crippen molar-refractivity contribution in [2.75, 3.05) is 39.9 Å². The van der Waals surface area contributed by atoms with Crippen LogP contribution >= 0.6 is 0 Å². The standard InChI is InChI=1S/C18H38N4O/c1-6-23-14-11-18(9-7-8-10-18)15-21-16(19-5)20-12-13-22-17(2,3)4/h22H,6-15H2,1-5H3,(H2,19,20,21). The van der Waals surface area contributed by atoms with Crippen LogP contribution in [0, 0.1) is 5.41 Å². The van der Waals surface area contributed by atoms with Crippen LogP contribution in [0.15, 0.2) is 4.99 Å². The first kappa shape index (κ1) is 20.2. The van der Waals surface area contributed by atoms with Gasteiger partial charge in [0.05, 0.1) is 0 Å². The van der Waals surface area contributed by atoms with Crippen LogP contribution in [-0.4, -0.2) is 51.4 Å². The Bertz CT molecular complexity index is 343. The Hall–Kier alpha value is -0.810. The Labute approximate surface area is 143 Å². The fourth-order valence-electron chi connectivity index (χ4n) is 3.18. The highest BCUT2D eigenvalue weighted by Gasteiger charge is 2.33. The van der Waals surface area contributed by atoms with Crippen molar-refractivity contribution >= 4 is 5.96 Å². The van der Waals surface area contributed by atoms with E-state index in [0.717, 1.165) is 45.2 Å². The smallest absolute Gasteiger partial charge is 0.191 e. The minimum Gasteiger partial charge on any atom is -0.382 e. The number of guanidine groups is 1. The van der Waals surface area contributed by atoms with Gasteiger partial charge in [-0.1, -0.05) is 12.8 Å². The predicted molar refractivity (Wildman–Crippen MR) is 99.1 cm³/mol. The summed E-state index contributed by atoms with van der Waals surface area (Å²) in [7, 11) is 1.84. The molecule has 1 aliphatic rings. The number of nitrogens with one attached hydrogen (secondary N) is 3. The third-order valence-corrected chi connectivity index (χ3v) is 4.57. The van der Waals surface area contributed by atoms with E-state index in [1.54, 1.807) is 0 Å². The molecular weight excluding hydrogens is 288 g/mol. The van der Waals surface area contributed by atoms with Crippen molar-refractivity contribution in [3.8, 4) is 0 Å². The minimum atomic E-state index is 0.159. The monoisotopic (exact) mass is 326 g/mol. The first-order valence-corrected chi connectivity index (χ1v) is 9.18. The maximum atomic E-state index is 5.58. The zero-order valence-corrected chi connectivity index (χ0v) is 15.9. The van der Waals surface area contributed by atoms with Gasteiger partial charge in [0.1, 0.15) is 0 Å². The Kier molecular flexibility index (Phi) is 8.92. The number of hydrogen-bond donors (Lipinski definition) is 3. The summed E-state index contributed by atoms with van der Waals surface area (Å²) >= 11 is 0. The zero-order valence-electron chi connectivity index (χ0n) is 15.9. The summed E-state index contributed by atoms with van der Waals surface area (Å²) in [4.78, 5) is 4.35. The summed E-state index contributed by atoms with van der Waals surface area (Å²) in [6.45, 7) is 13.1. The van der Waals surface area contributed by atoms with Gasteiger partial charge in [0.15, 0.2) is 5.96 Å². The molecule has 0 saturated heterocycles. The van der Waals surface area contributed by atoms with Crippen molar-refractivity contribution in [3.63, 3.8) is 0 Å². The molecule has 5 nitrogen and oxygen atoms in total. The van der Waals surface area contributed by atoms with Crippen LogP contribution in [-0.2, 0) is 4.74 Å². The highest BCUT2D eigenvalue weighted by Crippen LogP contribution is 2.40. The van der Waals surface area contributed by atoms with E-state index in [1.807, 2.05) is 7.05 Å². The van der Waals surface area contributed by atoms with Crippen LogP contribution in [0.4, 0.5) is 0 Å². The van der Waals surface area contributed by atoms with Gasteiger partial charge in [-0.25, -0.2) is 0 Å². The second kappa shape index (κ2) is 10.1. The first-order chi connectivity index (χ1) is 10.9. The molecule has 0 heterocycles. The van der Waals surface area contributed by atoms with Crippen molar-refractivity contribution in [1.29, 1.82) is 0 Å². The summed E-state index contributed by atoms with van der Waals surface area (Å²) < 4.78 is 5.58. The van der Waals surface area contributed by atoms with Gasteiger partial charge >= 0.3 is 0 Å². The van der Waals surface area contributed by atoms with Crippen molar-refractivity contribution in [1.82, 2.24) is 16.0 Å². The van der Waals surface area contributed by atoms with Gasteiger partial charge in [0.25, 0.3) is 0 Å². The lowest BCUT2D eigenvalue weighted by Gasteiger charge is -2.30. The van der Waals surface area contributed by atoms with E-state index < -0.39 is 0 Å². The van der Waals surface area contributed by atoms with Gasteiger partial charge in [-0.05, 0) is 52.4 Å². The van der Waals surface area contributed by atoms with E-state index in [2.05, 4.69) is 48.6 Å². The van der Waals surface area contributed by atoms with Crippen molar-refractivity contribution < 1.29 is 4.74 Å². The van der Waals surface area contributed by atoms with Gasteiger partial charge in [-0.3, -0.25) is 4.99 Å². The highest BCUT2D eigenvalue weighted by atomic mass is 16.5. The normalized spacial score (nSPS) is 18.2. The van der Waals surface area contributed by atoms with Gasteiger partial charge in [0, 0.05) is 45.4 Å². The maximum Gasteiger partial charge on any atom is 0.191 e. The van der Waals surface area contributed by atoms with Crippen LogP contribution in [0.1, 0.15) is 59.8 Å². The second-order valence-electron chi connectivity index (χ2n) is 7.68. The average molecular weight is 327 g/mol. The molecule has 1 rings (SSSR count). The summed E-state index contributed by atoms with van der Waals surface area (Å²) in [5.41, 5.74) is 0.544. The maximum absolute atomic E-state index is 5.58. The molecule has 23 heavy (non-hydrogen) atoms. The Morgan fingerprint density at radius 3 is 2.39 bits per heavy atom. The molecule has 1 aliphatic carbocycles. The quantitative estimate of drug-likeness (QED) is 0.346. The van der Waals surface area contributed by atoms with Crippen LogP contribution in [0.3, 0.4) is 0 Å². The molecule has 0 atom stereocenters. The van der Waals surface area contributed by atoms with Gasteiger partial charge in [-0.15, -0.1) is 0 Å². The second-order valence-corrected chi connectivity index (χ2v) is 7.68. The first-order valence-electron chi connectivity index (χ1n) is 9.18. The zero-order chi connectivity index (χ0) is 17.2. The van der Waals surface area contributed by atoms with E-state index >= 15 is 0 Å². The van der Waals surface area contributed by atoms with Crippen LogP contribution in [0.2, 0.25) is 0 Å². The summed E-state index contributed by atoms with van der Waals surface area (Å²) in [6, 6.07) is 0. The molecule has 3 N–H and O–H groups in total. The Morgan fingerprint density at radius 1 is 1.13 bits per heavy atom. The third-order valence-electron chi connectivity index (χ3n) is 4.57. The van der Waals surface area contributed by atoms with E-state index in [1.165, 1.54) is 25.7 Å². The van der Waals surface area contributed by atoms with Crippen molar-refractivity contribution in [2.45, 2.75) is 65.3 Å². The fourth-order valence-corrected chi connectivity index (χ4v) is 3.18. The Balaban J connectivity index is 2.33. The molecule has 1 fully saturated rings. The molecule has 0 radical (unpaired) electrons. The minimum absolute atomic E-state index is 0.159. The lowest BCUT2D eigenvalue weighted by Crippen LogP contribution is -2.46. The molecule has 0 aliphatic heterocycles. The molecule has 1 saturated carbocycles. The molecule has 0 amide bonds. The van der Waals surface area contributed by atoms with Gasteiger partial charge in [-0.2, -0.15) is 0 Å². The summed E-state index contributed by atoms with van der Waals surface area (Å²) in [6.07, 6.45) is 6.44. The molecule has 0 aromatic heterocycles. The van der Waals surface area contributed by atoms with Gasteiger partial charge < -0.3 is 20.7 Å². The fraction of sp³-hybridized carbons (Fsp3) is 0.944. The molecule has 0 aromatic rings. The van der Waals surface area contributed by atoms with E-state index in [0.29, 0.717) is 5.41 Å². The van der Waals surface area contributed by atoms with E-state index in [9.17, 15) is 0 Å². The number of rotatable bonds is 9.